The predicted molar refractivity (Wildman–Crippen MR) is 208 cm³/mol. The maximum Gasteiger partial charge on any atom is 0.250 e. The van der Waals surface area contributed by atoms with Crippen LogP contribution in [0, 0.1) is 6.85 Å². The number of para-hydroxylation sites is 3. The Morgan fingerprint density at radius 3 is 2.10 bits per heavy atom. The van der Waals surface area contributed by atoms with Gasteiger partial charge in [-0.3, -0.25) is 4.57 Å². The first-order valence-corrected chi connectivity index (χ1v) is 17.6. The lowest BCUT2D eigenvalue weighted by atomic mass is 9.67. The third-order valence-corrected chi connectivity index (χ3v) is 10.8. The van der Waals surface area contributed by atoms with Crippen molar-refractivity contribution in [1.29, 1.82) is 0 Å². The van der Waals surface area contributed by atoms with Crippen molar-refractivity contribution in [1.82, 2.24) is 14.1 Å². The molecule has 0 spiro atoms. The summed E-state index contributed by atoms with van der Waals surface area (Å²) >= 11 is 0. The van der Waals surface area contributed by atoms with E-state index in [0.717, 1.165) is 44.1 Å². The molecule has 244 valence electrons. The third kappa shape index (κ3) is 4.20. The maximum atomic E-state index is 8.17. The molecule has 0 bridgehead atoms. The molecule has 0 N–H and O–H groups in total. The van der Waals surface area contributed by atoms with E-state index < -0.39 is 12.3 Å². The number of fused-ring (bicyclic) bond motifs is 7. The van der Waals surface area contributed by atoms with Crippen molar-refractivity contribution in [2.75, 3.05) is 0 Å². The number of pyridine rings is 1. The summed E-state index contributed by atoms with van der Waals surface area (Å²) < 4.78 is 31.3. The van der Waals surface area contributed by atoms with Crippen LogP contribution in [0.1, 0.15) is 51.8 Å². The van der Waals surface area contributed by atoms with Gasteiger partial charge in [-0.1, -0.05) is 103 Å². The van der Waals surface area contributed by atoms with Crippen molar-refractivity contribution in [2.24, 2.45) is 0 Å². The first kappa shape index (κ1) is 26.6. The van der Waals surface area contributed by atoms with E-state index in [1.165, 1.54) is 27.8 Å². The van der Waals surface area contributed by atoms with Crippen LogP contribution >= 0.6 is 0 Å². The van der Waals surface area contributed by atoms with Crippen LogP contribution in [0.5, 0.6) is 0 Å². The molecule has 4 nitrogen and oxygen atoms in total. The Bertz CT molecular complexity index is 2890. The van der Waals surface area contributed by atoms with Gasteiger partial charge in [-0.05, 0) is 108 Å². The first-order chi connectivity index (χ1) is 26.2. The van der Waals surface area contributed by atoms with E-state index in [-0.39, 0.29) is 5.56 Å². The SMILES string of the molecule is [2H]C([2H])([2H])c1ccnc(-n2c3ccccc3c3ccc(C4(c5cccc(-n6c[n+](C(C)C)c7ccccc76)c5)c5ccccc5-c5ccccc54)cc32)c1. The molecule has 0 unspecified atom stereocenters. The number of hydrogen-bond donors (Lipinski definition) is 0. The Kier molecular flexibility index (Phi) is 5.80. The van der Waals surface area contributed by atoms with Crippen LogP contribution in [-0.4, -0.2) is 14.1 Å². The van der Waals surface area contributed by atoms with Gasteiger partial charge in [-0.25, -0.2) is 9.55 Å². The molecule has 0 saturated heterocycles. The fourth-order valence-corrected chi connectivity index (χ4v) is 8.66. The van der Waals surface area contributed by atoms with Crippen molar-refractivity contribution in [3.8, 4) is 22.6 Å². The van der Waals surface area contributed by atoms with Gasteiger partial charge in [0.25, 0.3) is 0 Å². The van der Waals surface area contributed by atoms with Crippen LogP contribution in [0.25, 0.3) is 55.5 Å². The molecule has 3 aromatic heterocycles. The second-order valence-corrected chi connectivity index (χ2v) is 13.9. The zero-order valence-corrected chi connectivity index (χ0v) is 28.5. The zero-order valence-electron chi connectivity index (χ0n) is 31.5. The minimum Gasteiger partial charge on any atom is -0.294 e. The van der Waals surface area contributed by atoms with Crippen molar-refractivity contribution >= 4 is 32.8 Å². The highest BCUT2D eigenvalue weighted by Gasteiger charge is 2.46. The fraction of sp³-hybridized carbons (Fsp3) is 0.106. The fourth-order valence-electron chi connectivity index (χ4n) is 8.66. The molecule has 0 radical (unpaired) electrons. The molecule has 1 aliphatic rings. The van der Waals surface area contributed by atoms with Crippen LogP contribution in [0.4, 0.5) is 0 Å². The van der Waals surface area contributed by atoms with Crippen molar-refractivity contribution < 1.29 is 8.68 Å². The summed E-state index contributed by atoms with van der Waals surface area (Å²) in [5, 5.41) is 2.16. The molecule has 9 aromatic rings. The molecule has 0 amide bonds. The molecule has 51 heavy (non-hydrogen) atoms. The topological polar surface area (TPSA) is 26.6 Å². The summed E-state index contributed by atoms with van der Waals surface area (Å²) in [5.41, 5.74) is 12.1. The second-order valence-electron chi connectivity index (χ2n) is 13.9. The van der Waals surface area contributed by atoms with Gasteiger partial charge in [0.15, 0.2) is 11.0 Å². The summed E-state index contributed by atoms with van der Waals surface area (Å²) in [4.78, 5) is 4.76. The largest absolute Gasteiger partial charge is 0.294 e. The average molecular weight is 661 g/mol. The van der Waals surface area contributed by atoms with Crippen LogP contribution in [-0.2, 0) is 5.41 Å². The molecule has 0 fully saturated rings. The summed E-state index contributed by atoms with van der Waals surface area (Å²) in [6, 6.07) is 53.9. The zero-order chi connectivity index (χ0) is 36.8. The van der Waals surface area contributed by atoms with Gasteiger partial charge in [0, 0.05) is 21.1 Å². The Morgan fingerprint density at radius 1 is 0.627 bits per heavy atom. The van der Waals surface area contributed by atoms with Crippen LogP contribution < -0.4 is 4.57 Å². The number of hydrogen-bond acceptors (Lipinski definition) is 1. The standard InChI is InChI=1S/C47H37N4/c1-31(2)49-30-50(44-22-11-10-21-43(44)49)35-14-12-13-33(28-35)47(40-18-7-4-15-36(40)37-16-5-8-19-41(37)47)34-23-24-39-38-17-6-9-20-42(38)51(45(39)29-34)46-27-32(3)25-26-48-46/h4-31H,1-3H3/q+1/i3D3. The second kappa shape index (κ2) is 11.1. The van der Waals surface area contributed by atoms with Crippen LogP contribution in [0.3, 0.4) is 0 Å². The van der Waals surface area contributed by atoms with Crippen LogP contribution in [0.15, 0.2) is 164 Å². The highest BCUT2D eigenvalue weighted by Crippen LogP contribution is 2.56. The van der Waals surface area contributed by atoms with Crippen molar-refractivity contribution in [2.45, 2.75) is 32.2 Å². The van der Waals surface area contributed by atoms with E-state index in [1.54, 1.807) is 18.3 Å². The van der Waals surface area contributed by atoms with E-state index >= 15 is 0 Å². The number of nitrogens with zero attached hydrogens (tertiary/aromatic N) is 4. The lowest BCUT2D eigenvalue weighted by molar-refractivity contribution is -0.691. The quantitative estimate of drug-likeness (QED) is 0.169. The van der Waals surface area contributed by atoms with Gasteiger partial charge in [0.2, 0.25) is 6.33 Å². The Balaban J connectivity index is 1.29. The maximum absolute atomic E-state index is 8.17. The first-order valence-electron chi connectivity index (χ1n) is 19.1. The molecule has 6 aromatic carbocycles. The highest BCUT2D eigenvalue weighted by molar-refractivity contribution is 6.09. The van der Waals surface area contributed by atoms with E-state index in [4.69, 9.17) is 9.10 Å². The monoisotopic (exact) mass is 660 g/mol. The number of rotatable bonds is 5. The van der Waals surface area contributed by atoms with Gasteiger partial charge in [0.1, 0.15) is 11.5 Å². The van der Waals surface area contributed by atoms with Gasteiger partial charge < -0.3 is 0 Å². The van der Waals surface area contributed by atoms with Gasteiger partial charge in [-0.15, -0.1) is 0 Å². The molecule has 10 rings (SSSR count). The lowest BCUT2D eigenvalue weighted by Crippen LogP contribution is -2.34. The molecule has 0 atom stereocenters. The van der Waals surface area contributed by atoms with E-state index in [9.17, 15) is 0 Å². The average Bonchev–Trinajstić information content (AvgIpc) is 3.85. The Hall–Kier alpha value is -6.26. The number of benzene rings is 6. The number of aromatic nitrogens is 4. The summed E-state index contributed by atoms with van der Waals surface area (Å²) in [6.07, 6.45) is 3.83. The highest BCUT2D eigenvalue weighted by atomic mass is 15.1. The van der Waals surface area contributed by atoms with E-state index in [0.29, 0.717) is 11.9 Å². The molecule has 4 heteroatoms. The number of aryl methyl sites for hydroxylation is 1. The van der Waals surface area contributed by atoms with Crippen molar-refractivity contribution in [3.05, 3.63) is 192 Å². The molecule has 1 aliphatic carbocycles. The van der Waals surface area contributed by atoms with E-state index in [1.807, 2.05) is 6.07 Å². The molecule has 3 heterocycles. The summed E-state index contributed by atoms with van der Waals surface area (Å²) in [6.45, 7) is 2.19. The summed E-state index contributed by atoms with van der Waals surface area (Å²) in [7, 11) is 0. The van der Waals surface area contributed by atoms with Crippen molar-refractivity contribution in [3.63, 3.8) is 0 Å². The van der Waals surface area contributed by atoms with E-state index in [2.05, 4.69) is 167 Å². The number of imidazole rings is 1. The Labute approximate surface area is 301 Å². The minimum absolute atomic E-state index is 0.262. The predicted octanol–water partition coefficient (Wildman–Crippen LogP) is 10.7. The normalized spacial score (nSPS) is 14.5. The van der Waals surface area contributed by atoms with Gasteiger partial charge in [0.05, 0.1) is 22.5 Å². The molecule has 0 saturated carbocycles. The third-order valence-electron chi connectivity index (χ3n) is 10.8. The van der Waals surface area contributed by atoms with Gasteiger partial charge >= 0.3 is 0 Å². The Morgan fingerprint density at radius 2 is 1.31 bits per heavy atom. The van der Waals surface area contributed by atoms with Crippen LogP contribution in [0.2, 0.25) is 0 Å². The molecule has 0 aliphatic heterocycles. The summed E-state index contributed by atoms with van der Waals surface area (Å²) in [5.74, 6) is 0.577. The smallest absolute Gasteiger partial charge is 0.250 e. The molecular formula is C47H37N4+. The molecular weight excluding hydrogens is 621 g/mol. The minimum atomic E-state index is -2.26. The lowest BCUT2D eigenvalue weighted by Gasteiger charge is -2.34. The van der Waals surface area contributed by atoms with Gasteiger partial charge in [-0.2, -0.15) is 4.57 Å².